The number of nitrogens with one attached hydrogen (secondary N) is 1. The summed E-state index contributed by atoms with van der Waals surface area (Å²) in [6.07, 6.45) is 5.27. The van der Waals surface area contributed by atoms with Crippen molar-refractivity contribution in [2.24, 2.45) is 11.7 Å². The Hall–Kier alpha value is -2.68. The minimum Gasteiger partial charge on any atom is -0.460 e. The fourth-order valence-electron chi connectivity index (χ4n) is 4.65. The number of anilines is 1. The molecule has 8 nitrogen and oxygen atoms in total. The van der Waals surface area contributed by atoms with Crippen LogP contribution in [0.1, 0.15) is 57.4 Å². The van der Waals surface area contributed by atoms with Crippen LogP contribution >= 0.6 is 0 Å². The third-order valence-corrected chi connectivity index (χ3v) is 6.71. The molecule has 0 aliphatic carbocycles. The van der Waals surface area contributed by atoms with Crippen LogP contribution in [0.25, 0.3) is 0 Å². The predicted molar refractivity (Wildman–Crippen MR) is 128 cm³/mol. The van der Waals surface area contributed by atoms with E-state index in [0.29, 0.717) is 23.6 Å². The SMILES string of the molecule is CCC(=O)N1CCC(OCCC2CCN(c3cccc(COC(=O)CC(=N)N)c3F)CC2)CC1. The Bertz CT molecular complexity index is 849. The second kappa shape index (κ2) is 12.7. The second-order valence-corrected chi connectivity index (χ2v) is 9.14. The molecule has 1 aromatic carbocycles. The summed E-state index contributed by atoms with van der Waals surface area (Å²) in [4.78, 5) is 27.4. The van der Waals surface area contributed by atoms with Crippen LogP contribution in [0.3, 0.4) is 0 Å². The first kappa shape index (κ1) is 25.9. The highest BCUT2D eigenvalue weighted by atomic mass is 19.1. The first-order valence-electron chi connectivity index (χ1n) is 12.3. The van der Waals surface area contributed by atoms with Crippen LogP contribution in [0, 0.1) is 17.1 Å². The molecule has 1 aromatic rings. The fourth-order valence-corrected chi connectivity index (χ4v) is 4.65. The molecule has 0 bridgehead atoms. The maximum absolute atomic E-state index is 15.0. The summed E-state index contributed by atoms with van der Waals surface area (Å²) < 4.78 is 26.2. The molecule has 0 radical (unpaired) electrons. The van der Waals surface area contributed by atoms with Crippen molar-refractivity contribution < 1.29 is 23.5 Å². The molecule has 2 aliphatic heterocycles. The number of nitrogens with two attached hydrogens (primary N) is 1. The topological polar surface area (TPSA) is 109 Å². The van der Waals surface area contributed by atoms with Crippen molar-refractivity contribution in [2.45, 2.75) is 64.6 Å². The van der Waals surface area contributed by atoms with Crippen molar-refractivity contribution in [2.75, 3.05) is 37.7 Å². The maximum atomic E-state index is 15.0. The van der Waals surface area contributed by atoms with Crippen LogP contribution < -0.4 is 10.6 Å². The molecule has 2 heterocycles. The highest BCUT2D eigenvalue weighted by Gasteiger charge is 2.25. The average Bonchev–Trinajstić information content (AvgIpc) is 2.83. The Morgan fingerprint density at radius 3 is 2.50 bits per heavy atom. The van der Waals surface area contributed by atoms with E-state index in [1.165, 1.54) is 0 Å². The Morgan fingerprint density at radius 1 is 1.15 bits per heavy atom. The van der Waals surface area contributed by atoms with Gasteiger partial charge in [-0.3, -0.25) is 15.0 Å². The first-order chi connectivity index (χ1) is 16.4. The number of carbonyl (C=O) groups excluding carboxylic acids is 2. The van der Waals surface area contributed by atoms with Gasteiger partial charge in [-0.05, 0) is 44.1 Å². The third-order valence-electron chi connectivity index (χ3n) is 6.71. The molecule has 0 atom stereocenters. The number of benzene rings is 1. The number of ether oxygens (including phenoxy) is 2. The van der Waals surface area contributed by atoms with Crippen LogP contribution in [-0.2, 0) is 25.7 Å². The number of rotatable bonds is 10. The van der Waals surface area contributed by atoms with E-state index < -0.39 is 5.97 Å². The third kappa shape index (κ3) is 7.41. The summed E-state index contributed by atoms with van der Waals surface area (Å²) in [5.41, 5.74) is 6.04. The van der Waals surface area contributed by atoms with E-state index in [0.717, 1.165) is 64.9 Å². The van der Waals surface area contributed by atoms with Gasteiger partial charge in [0.25, 0.3) is 0 Å². The molecule has 0 saturated carbocycles. The smallest absolute Gasteiger partial charge is 0.313 e. The minimum absolute atomic E-state index is 0.175. The molecule has 0 unspecified atom stereocenters. The normalized spacial score (nSPS) is 17.6. The molecule has 3 N–H and O–H groups in total. The summed E-state index contributed by atoms with van der Waals surface area (Å²) in [5, 5.41) is 7.13. The quantitative estimate of drug-likeness (QED) is 0.305. The van der Waals surface area contributed by atoms with E-state index in [1.807, 2.05) is 16.7 Å². The van der Waals surface area contributed by atoms with Crippen LogP contribution in [0.2, 0.25) is 0 Å². The van der Waals surface area contributed by atoms with Gasteiger partial charge in [-0.25, -0.2) is 4.39 Å². The summed E-state index contributed by atoms with van der Waals surface area (Å²) in [6, 6.07) is 5.13. The lowest BCUT2D eigenvalue weighted by atomic mass is 9.93. The van der Waals surface area contributed by atoms with E-state index in [9.17, 15) is 9.59 Å². The highest BCUT2D eigenvalue weighted by Crippen LogP contribution is 2.29. The van der Waals surface area contributed by atoms with Gasteiger partial charge in [0.05, 0.1) is 11.8 Å². The lowest BCUT2D eigenvalue weighted by Crippen LogP contribution is -2.40. The Labute approximate surface area is 201 Å². The number of esters is 1. The number of likely N-dealkylation sites (tertiary alicyclic amines) is 1. The van der Waals surface area contributed by atoms with Gasteiger partial charge in [0.2, 0.25) is 5.91 Å². The van der Waals surface area contributed by atoms with Crippen molar-refractivity contribution in [1.82, 2.24) is 4.90 Å². The summed E-state index contributed by atoms with van der Waals surface area (Å²) in [5.74, 6) is -0.507. The van der Waals surface area contributed by atoms with Gasteiger partial charge in [-0.1, -0.05) is 19.1 Å². The van der Waals surface area contributed by atoms with Crippen molar-refractivity contribution in [1.29, 1.82) is 5.41 Å². The molecule has 3 rings (SSSR count). The molecule has 9 heteroatoms. The number of amidine groups is 1. The second-order valence-electron chi connectivity index (χ2n) is 9.14. The summed E-state index contributed by atoms with van der Waals surface area (Å²) >= 11 is 0. The molecule has 0 aromatic heterocycles. The largest absolute Gasteiger partial charge is 0.460 e. The standard InChI is InChI=1S/C25H37FN4O4/c1-2-23(31)30-13-8-20(9-14-30)33-15-10-18-6-11-29(12-7-18)21-5-3-4-19(25(21)26)17-34-24(32)16-22(27)28/h3-5,18,20H,2,6-17H2,1H3,(H3,27,28). The molecular weight excluding hydrogens is 439 g/mol. The van der Waals surface area contributed by atoms with Gasteiger partial charge < -0.3 is 25.0 Å². The predicted octanol–water partition coefficient (Wildman–Crippen LogP) is 3.22. The number of amides is 1. The van der Waals surface area contributed by atoms with E-state index in [4.69, 9.17) is 20.6 Å². The van der Waals surface area contributed by atoms with E-state index in [-0.39, 0.29) is 36.7 Å². The number of hydrogen-bond donors (Lipinski definition) is 2. The summed E-state index contributed by atoms with van der Waals surface area (Å²) in [7, 11) is 0. The first-order valence-corrected chi connectivity index (χ1v) is 12.3. The van der Waals surface area contributed by atoms with E-state index >= 15 is 4.39 Å². The molecule has 2 fully saturated rings. The van der Waals surface area contributed by atoms with Crippen LogP contribution in [0.15, 0.2) is 18.2 Å². The Kier molecular flexibility index (Phi) is 9.68. The van der Waals surface area contributed by atoms with Crippen molar-refractivity contribution >= 4 is 23.4 Å². The molecular formula is C25H37FN4O4. The zero-order valence-corrected chi connectivity index (χ0v) is 20.1. The lowest BCUT2D eigenvalue weighted by molar-refractivity contribution is -0.143. The van der Waals surface area contributed by atoms with E-state index in [1.54, 1.807) is 18.2 Å². The minimum atomic E-state index is -0.639. The maximum Gasteiger partial charge on any atom is 0.313 e. The van der Waals surface area contributed by atoms with Crippen molar-refractivity contribution in [3.8, 4) is 0 Å². The lowest BCUT2D eigenvalue weighted by Gasteiger charge is -2.35. The number of hydrogen-bond acceptors (Lipinski definition) is 6. The Morgan fingerprint density at radius 2 is 1.85 bits per heavy atom. The average molecular weight is 477 g/mol. The van der Waals surface area contributed by atoms with Crippen LogP contribution in [-0.4, -0.2) is 61.5 Å². The molecule has 2 saturated heterocycles. The molecule has 1 amide bonds. The Balaban J connectivity index is 1.39. The van der Waals surface area contributed by atoms with Gasteiger partial charge in [0.1, 0.15) is 18.9 Å². The fraction of sp³-hybridized carbons (Fsp3) is 0.640. The highest BCUT2D eigenvalue weighted by molar-refractivity contribution is 5.94. The number of piperidine rings is 2. The van der Waals surface area contributed by atoms with Crippen LogP contribution in [0.4, 0.5) is 10.1 Å². The zero-order chi connectivity index (χ0) is 24.5. The zero-order valence-electron chi connectivity index (χ0n) is 20.1. The summed E-state index contributed by atoms with van der Waals surface area (Å²) in [6.45, 7) is 5.57. The number of halogens is 1. The van der Waals surface area contributed by atoms with Crippen molar-refractivity contribution in [3.05, 3.63) is 29.6 Å². The van der Waals surface area contributed by atoms with Gasteiger partial charge in [0.15, 0.2) is 5.82 Å². The van der Waals surface area contributed by atoms with Gasteiger partial charge >= 0.3 is 5.97 Å². The molecule has 0 spiro atoms. The van der Waals surface area contributed by atoms with E-state index in [2.05, 4.69) is 0 Å². The van der Waals surface area contributed by atoms with Gasteiger partial charge in [0, 0.05) is 44.8 Å². The van der Waals surface area contributed by atoms with Gasteiger partial charge in [-0.15, -0.1) is 0 Å². The molecule has 34 heavy (non-hydrogen) atoms. The van der Waals surface area contributed by atoms with Gasteiger partial charge in [-0.2, -0.15) is 0 Å². The molecule has 188 valence electrons. The van der Waals surface area contributed by atoms with Crippen LogP contribution in [0.5, 0.6) is 0 Å². The van der Waals surface area contributed by atoms with Crippen molar-refractivity contribution in [3.63, 3.8) is 0 Å². The monoisotopic (exact) mass is 476 g/mol. The molecule has 2 aliphatic rings. The number of nitrogens with zero attached hydrogens (tertiary/aromatic N) is 2. The number of carbonyl (C=O) groups is 2.